The number of hydrogen-bond acceptors (Lipinski definition) is 1. The monoisotopic (exact) mass is 398 g/mol. The van der Waals surface area contributed by atoms with Gasteiger partial charge in [-0.15, -0.1) is 0 Å². The van der Waals surface area contributed by atoms with Gasteiger partial charge < -0.3 is 0 Å². The van der Waals surface area contributed by atoms with E-state index in [4.69, 9.17) is 0 Å². The maximum atomic E-state index is 15.6. The second-order valence-electron chi connectivity index (χ2n) is 5.64. The fourth-order valence-electron chi connectivity index (χ4n) is 3.18. The van der Waals surface area contributed by atoms with Crippen LogP contribution in [0.15, 0.2) is 102 Å². The zero-order valence-electron chi connectivity index (χ0n) is 13.8. The van der Waals surface area contributed by atoms with E-state index in [9.17, 15) is 4.39 Å². The third kappa shape index (κ3) is 3.12. The van der Waals surface area contributed by atoms with Gasteiger partial charge in [0, 0.05) is 0 Å². The van der Waals surface area contributed by atoms with Gasteiger partial charge in [-0.1, -0.05) is 0 Å². The van der Waals surface area contributed by atoms with Crippen LogP contribution in [0.5, 0.6) is 0 Å². The molecule has 0 spiro atoms. The summed E-state index contributed by atoms with van der Waals surface area (Å²) in [5.41, 5.74) is 0. The van der Waals surface area contributed by atoms with Gasteiger partial charge in [-0.05, 0) is 0 Å². The number of methoxy groups -OCH3 is 1. The summed E-state index contributed by atoms with van der Waals surface area (Å²) in [5, 5.41) is 0. The zero-order valence-corrected chi connectivity index (χ0v) is 15.9. The van der Waals surface area contributed by atoms with Crippen molar-refractivity contribution in [1.29, 1.82) is 0 Å². The first-order chi connectivity index (χ1) is 12.2. The van der Waals surface area contributed by atoms with Crippen LogP contribution in [-0.2, 0) is 4.74 Å². The van der Waals surface area contributed by atoms with Crippen molar-refractivity contribution < 1.29 is 13.5 Å². The van der Waals surface area contributed by atoms with Crippen molar-refractivity contribution >= 4 is 26.5 Å². The summed E-state index contributed by atoms with van der Waals surface area (Å²) in [6, 6.07) is 26.9. The van der Waals surface area contributed by atoms with Crippen LogP contribution in [0.4, 0.5) is 8.78 Å². The average molecular weight is 397 g/mol. The molecule has 3 rings (SSSR count). The topological polar surface area (TPSA) is 9.23 Å². The standard InChI is InChI=1S/C21H18F2GeO/c1-25-21(23)20(22)24(17-11-5-2-6-12-17,18-13-7-3-8-14-18)19-15-9-4-10-16-19/h2-16H,1H3/b21-20+. The van der Waals surface area contributed by atoms with Crippen LogP contribution in [-0.4, -0.2) is 20.4 Å². The Hall–Kier alpha value is -2.40. The predicted molar refractivity (Wildman–Crippen MR) is 100 cm³/mol. The molecule has 0 bridgehead atoms. The Balaban J connectivity index is 2.45. The molecule has 1 nitrogen and oxygen atoms in total. The molecular weight excluding hydrogens is 379 g/mol. The molecule has 0 amide bonds. The van der Waals surface area contributed by atoms with Crippen LogP contribution in [0.3, 0.4) is 0 Å². The van der Waals surface area contributed by atoms with Crippen LogP contribution in [0, 0.1) is 0 Å². The fraction of sp³-hybridized carbons (Fsp3) is 0.0476. The third-order valence-corrected chi connectivity index (χ3v) is 13.6. The number of ether oxygens (including phenoxy) is 1. The molecule has 0 aromatic heterocycles. The molecule has 4 heteroatoms. The minimum atomic E-state index is -4.09. The normalized spacial score (nSPS) is 12.4. The van der Waals surface area contributed by atoms with Crippen molar-refractivity contribution in [1.82, 2.24) is 0 Å². The van der Waals surface area contributed by atoms with E-state index >= 15 is 4.39 Å². The Morgan fingerprint density at radius 2 is 0.960 bits per heavy atom. The molecule has 0 aliphatic rings. The number of rotatable bonds is 5. The molecule has 0 unspecified atom stereocenters. The number of halogens is 2. The van der Waals surface area contributed by atoms with Gasteiger partial charge in [0.05, 0.1) is 0 Å². The molecule has 3 aromatic carbocycles. The summed E-state index contributed by atoms with van der Waals surface area (Å²) < 4.78 is 36.4. The van der Waals surface area contributed by atoms with E-state index in [2.05, 4.69) is 4.74 Å². The van der Waals surface area contributed by atoms with Gasteiger partial charge in [0.1, 0.15) is 0 Å². The minimum absolute atomic E-state index is 0.786. The summed E-state index contributed by atoms with van der Waals surface area (Å²) in [4.78, 5) is 0. The van der Waals surface area contributed by atoms with Gasteiger partial charge in [-0.25, -0.2) is 0 Å². The van der Waals surface area contributed by atoms with Crippen molar-refractivity contribution in [3.05, 3.63) is 102 Å². The Morgan fingerprint density at radius 3 is 1.24 bits per heavy atom. The van der Waals surface area contributed by atoms with Gasteiger partial charge >= 0.3 is 149 Å². The van der Waals surface area contributed by atoms with Crippen LogP contribution < -0.4 is 13.2 Å². The molecule has 0 fully saturated rings. The Morgan fingerprint density at radius 1 is 0.640 bits per heavy atom. The van der Waals surface area contributed by atoms with E-state index in [0.29, 0.717) is 0 Å². The molecule has 0 saturated carbocycles. The van der Waals surface area contributed by atoms with Crippen LogP contribution in [0.1, 0.15) is 0 Å². The second-order valence-corrected chi connectivity index (χ2v) is 13.3. The molecule has 0 radical (unpaired) electrons. The Kier molecular flexibility index (Phi) is 5.34. The quantitative estimate of drug-likeness (QED) is 0.474. The van der Waals surface area contributed by atoms with Gasteiger partial charge in [-0.3, -0.25) is 0 Å². The van der Waals surface area contributed by atoms with E-state index in [0.717, 1.165) is 20.3 Å². The summed E-state index contributed by atoms with van der Waals surface area (Å²) in [6.45, 7) is 0. The first-order valence-electron chi connectivity index (χ1n) is 7.97. The zero-order chi connectivity index (χ0) is 17.7. The summed E-state index contributed by atoms with van der Waals surface area (Å²) in [5.74, 6) is 0. The molecule has 0 atom stereocenters. The molecule has 126 valence electrons. The van der Waals surface area contributed by atoms with Crippen LogP contribution in [0.2, 0.25) is 0 Å². The molecule has 0 saturated heterocycles. The molecule has 3 aromatic rings. The van der Waals surface area contributed by atoms with E-state index < -0.39 is 23.9 Å². The first-order valence-corrected chi connectivity index (χ1v) is 12.2. The maximum absolute atomic E-state index is 15.6. The van der Waals surface area contributed by atoms with Crippen molar-refractivity contribution in [3.8, 4) is 0 Å². The summed E-state index contributed by atoms with van der Waals surface area (Å²) >= 11 is -4.09. The average Bonchev–Trinajstić information content (AvgIpc) is 2.70. The van der Waals surface area contributed by atoms with E-state index in [1.165, 1.54) is 0 Å². The van der Waals surface area contributed by atoms with Crippen LogP contribution in [0.25, 0.3) is 0 Å². The predicted octanol–water partition coefficient (Wildman–Crippen LogP) is 3.45. The fourth-order valence-corrected chi connectivity index (χ4v) is 12.1. The van der Waals surface area contributed by atoms with Gasteiger partial charge in [0.2, 0.25) is 0 Å². The SMILES string of the molecule is CO/C(F)=[C](\F)[Ge]([c]1ccccc1)([c]1ccccc1)[c]1ccccc1. The van der Waals surface area contributed by atoms with Crippen molar-refractivity contribution in [2.75, 3.05) is 7.11 Å². The molecule has 0 heterocycles. The van der Waals surface area contributed by atoms with E-state index in [1.54, 1.807) is 0 Å². The van der Waals surface area contributed by atoms with Gasteiger partial charge in [0.15, 0.2) is 0 Å². The molecule has 0 aliphatic carbocycles. The van der Waals surface area contributed by atoms with E-state index in [-0.39, 0.29) is 0 Å². The Labute approximate surface area is 148 Å². The van der Waals surface area contributed by atoms with Gasteiger partial charge in [-0.2, -0.15) is 0 Å². The summed E-state index contributed by atoms with van der Waals surface area (Å²) in [6.07, 6.45) is 0. The molecule has 0 N–H and O–H groups in total. The molecular formula is C21H18F2GeO. The number of benzene rings is 3. The summed E-state index contributed by atoms with van der Waals surface area (Å²) in [7, 11) is 1.16. The van der Waals surface area contributed by atoms with E-state index in [1.807, 2.05) is 91.0 Å². The third-order valence-electron chi connectivity index (χ3n) is 4.30. The van der Waals surface area contributed by atoms with Crippen molar-refractivity contribution in [2.24, 2.45) is 0 Å². The number of hydrogen-bond donors (Lipinski definition) is 0. The van der Waals surface area contributed by atoms with Crippen molar-refractivity contribution in [3.63, 3.8) is 0 Å². The molecule has 0 aliphatic heterocycles. The first kappa shape index (κ1) is 17.4. The molecule has 25 heavy (non-hydrogen) atoms. The van der Waals surface area contributed by atoms with Gasteiger partial charge in [0.25, 0.3) is 0 Å². The second kappa shape index (κ2) is 7.66. The Bertz CT molecular complexity index is 752. The van der Waals surface area contributed by atoms with Crippen LogP contribution >= 0.6 is 0 Å². The van der Waals surface area contributed by atoms with Crippen molar-refractivity contribution in [2.45, 2.75) is 0 Å².